The zero-order chi connectivity index (χ0) is 28.8. The van der Waals surface area contributed by atoms with Gasteiger partial charge in [0.15, 0.2) is 11.4 Å². The van der Waals surface area contributed by atoms with Crippen LogP contribution in [-0.4, -0.2) is 72.2 Å². The molecule has 1 amide bonds. The number of hydrogen-bond donors (Lipinski definition) is 3. The van der Waals surface area contributed by atoms with E-state index in [4.69, 9.17) is 15.5 Å². The molecule has 2 atom stereocenters. The van der Waals surface area contributed by atoms with E-state index >= 15 is 0 Å². The van der Waals surface area contributed by atoms with Gasteiger partial charge < -0.3 is 25.6 Å². The van der Waals surface area contributed by atoms with Crippen molar-refractivity contribution in [3.63, 3.8) is 0 Å². The first-order valence-electron chi connectivity index (χ1n) is 13.7. The van der Waals surface area contributed by atoms with Gasteiger partial charge in [0.1, 0.15) is 18.2 Å². The topological polar surface area (TPSA) is 156 Å². The lowest BCUT2D eigenvalue weighted by Crippen LogP contribution is -2.47. The highest BCUT2D eigenvalue weighted by Gasteiger charge is 2.44. The number of carbonyl (C=O) groups is 2. The highest BCUT2D eigenvalue weighted by atomic mass is 16.5. The summed E-state index contributed by atoms with van der Waals surface area (Å²) in [5, 5.41) is 23.6. The van der Waals surface area contributed by atoms with Gasteiger partial charge in [0.25, 0.3) is 0 Å². The summed E-state index contributed by atoms with van der Waals surface area (Å²) in [4.78, 5) is 36.7. The fraction of sp³-hybridized carbons (Fsp3) is 0.367. The number of aliphatic hydroxyl groups excluding tert-OH is 2. The van der Waals surface area contributed by atoms with Crippen LogP contribution in [0.5, 0.6) is 5.75 Å². The van der Waals surface area contributed by atoms with Crippen LogP contribution < -0.4 is 10.5 Å². The average molecular weight is 557 g/mol. The summed E-state index contributed by atoms with van der Waals surface area (Å²) in [5.74, 6) is 0.368. The van der Waals surface area contributed by atoms with E-state index in [9.17, 15) is 19.8 Å². The van der Waals surface area contributed by atoms with Gasteiger partial charge in [0.2, 0.25) is 5.91 Å². The number of nitrogens with two attached hydrogens (primary N) is 1. The lowest BCUT2D eigenvalue weighted by Gasteiger charge is -2.39. The van der Waals surface area contributed by atoms with Crippen molar-refractivity contribution >= 4 is 23.2 Å². The number of ketones is 1. The van der Waals surface area contributed by atoms with Crippen molar-refractivity contribution < 1.29 is 24.5 Å². The van der Waals surface area contributed by atoms with Crippen LogP contribution in [0.25, 0.3) is 28.0 Å². The Labute approximate surface area is 236 Å². The Balaban J connectivity index is 1.38. The Morgan fingerprint density at radius 1 is 1.07 bits per heavy atom. The van der Waals surface area contributed by atoms with E-state index in [0.29, 0.717) is 41.1 Å². The molecule has 11 heteroatoms. The molecule has 0 saturated carbocycles. The second kappa shape index (κ2) is 10.6. The van der Waals surface area contributed by atoms with Gasteiger partial charge in [-0.1, -0.05) is 6.07 Å². The van der Waals surface area contributed by atoms with E-state index in [0.717, 1.165) is 35.2 Å². The van der Waals surface area contributed by atoms with Crippen LogP contribution in [0.15, 0.2) is 42.7 Å². The zero-order valence-electron chi connectivity index (χ0n) is 22.9. The molecule has 3 aromatic heterocycles. The molecule has 41 heavy (non-hydrogen) atoms. The molecular weight excluding hydrogens is 524 g/mol. The average Bonchev–Trinajstić information content (AvgIpc) is 3.54. The molecular formula is C30H32N6O5. The number of fused-ring (bicyclic) bond motifs is 3. The molecule has 2 aliphatic rings. The molecule has 0 spiro atoms. The Morgan fingerprint density at radius 3 is 2.41 bits per heavy atom. The Morgan fingerprint density at radius 2 is 1.80 bits per heavy atom. The number of aromatic nitrogens is 4. The number of amides is 1. The Kier molecular flexibility index (Phi) is 6.92. The third kappa shape index (κ3) is 4.51. The third-order valence-electron chi connectivity index (χ3n) is 8.43. The first kappa shape index (κ1) is 26.9. The van der Waals surface area contributed by atoms with Crippen molar-refractivity contribution in [2.45, 2.75) is 57.2 Å². The van der Waals surface area contributed by atoms with Crippen LogP contribution in [-0.2, 0) is 11.4 Å². The number of benzene rings is 1. The summed E-state index contributed by atoms with van der Waals surface area (Å²) < 4.78 is 6.80. The minimum Gasteiger partial charge on any atom is -0.496 e. The summed E-state index contributed by atoms with van der Waals surface area (Å²) in [5.41, 5.74) is 11.9. The van der Waals surface area contributed by atoms with Gasteiger partial charge in [0.05, 0.1) is 36.9 Å². The zero-order valence-corrected chi connectivity index (χ0v) is 22.9. The summed E-state index contributed by atoms with van der Waals surface area (Å²) in [7, 11) is 1.56. The van der Waals surface area contributed by atoms with Crippen LogP contribution in [0.3, 0.4) is 0 Å². The molecule has 1 aromatic carbocycles. The van der Waals surface area contributed by atoms with Gasteiger partial charge in [-0.25, -0.2) is 4.98 Å². The first-order valence-corrected chi connectivity index (χ1v) is 13.7. The predicted octanol–water partition coefficient (Wildman–Crippen LogP) is 2.97. The Bertz CT molecular complexity index is 1640. The molecule has 2 fully saturated rings. The van der Waals surface area contributed by atoms with E-state index in [1.165, 1.54) is 11.4 Å². The van der Waals surface area contributed by atoms with Crippen LogP contribution >= 0.6 is 0 Å². The number of piperidine rings is 1. The number of Topliss-reactive ketones (excluding diaryl/α,β-unsaturated/α-hetero) is 1. The number of pyridine rings is 1. The smallest absolute Gasteiger partial charge is 0.248 e. The number of methoxy groups -OCH3 is 1. The van der Waals surface area contributed by atoms with Gasteiger partial charge >= 0.3 is 0 Å². The van der Waals surface area contributed by atoms with E-state index < -0.39 is 6.61 Å². The van der Waals surface area contributed by atoms with Crippen LogP contribution in [0, 0.1) is 0 Å². The van der Waals surface area contributed by atoms with Gasteiger partial charge in [-0.15, -0.1) is 0 Å². The maximum absolute atomic E-state index is 12.8. The van der Waals surface area contributed by atoms with Crippen molar-refractivity contribution in [1.29, 1.82) is 0 Å². The fourth-order valence-corrected chi connectivity index (χ4v) is 6.57. The maximum atomic E-state index is 12.8. The van der Waals surface area contributed by atoms with Crippen molar-refractivity contribution in [3.8, 4) is 28.1 Å². The lowest BCUT2D eigenvalue weighted by molar-refractivity contribution is -0.138. The van der Waals surface area contributed by atoms with Crippen LogP contribution in [0.4, 0.5) is 5.82 Å². The van der Waals surface area contributed by atoms with Gasteiger partial charge in [-0.2, -0.15) is 9.61 Å². The number of ether oxygens (including phenoxy) is 1. The van der Waals surface area contributed by atoms with Crippen molar-refractivity contribution in [1.82, 2.24) is 24.5 Å². The number of aliphatic hydroxyl groups is 2. The fourth-order valence-electron chi connectivity index (χ4n) is 6.57. The molecule has 4 aromatic rings. The number of nitrogen functional groups attached to an aromatic ring is 1. The molecule has 6 rings (SSSR count). The number of nitrogens with zero attached hydrogens (tertiary/aromatic N) is 5. The number of rotatable bonds is 7. The number of anilines is 1. The van der Waals surface area contributed by atoms with Crippen LogP contribution in [0.2, 0.25) is 0 Å². The van der Waals surface area contributed by atoms with E-state index in [1.807, 2.05) is 29.2 Å². The van der Waals surface area contributed by atoms with E-state index in [1.54, 1.807) is 25.6 Å². The summed E-state index contributed by atoms with van der Waals surface area (Å²) in [6, 6.07) is 9.37. The minimum absolute atomic E-state index is 0.00267. The van der Waals surface area contributed by atoms with Crippen molar-refractivity contribution in [3.05, 3.63) is 59.5 Å². The summed E-state index contributed by atoms with van der Waals surface area (Å²) >= 11 is 0. The quantitative estimate of drug-likeness (QED) is 0.291. The monoisotopic (exact) mass is 556 g/mol. The molecule has 5 heterocycles. The Hall–Kier alpha value is -4.35. The highest BCUT2D eigenvalue weighted by Crippen LogP contribution is 2.44. The summed E-state index contributed by atoms with van der Waals surface area (Å²) in [6.45, 7) is 0.837. The third-order valence-corrected chi connectivity index (χ3v) is 8.43. The van der Waals surface area contributed by atoms with Gasteiger partial charge in [0, 0.05) is 46.5 Å². The molecule has 2 bridgehead atoms. The van der Waals surface area contributed by atoms with E-state index in [2.05, 4.69) is 10.1 Å². The molecule has 0 aliphatic carbocycles. The number of carbonyl (C=O) groups excluding carboxylic acids is 2. The second-order valence-corrected chi connectivity index (χ2v) is 10.7. The molecule has 4 N–H and O–H groups in total. The minimum atomic E-state index is -0.499. The largest absolute Gasteiger partial charge is 0.496 e. The van der Waals surface area contributed by atoms with Gasteiger partial charge in [-0.05, 0) is 56.9 Å². The normalized spacial score (nSPS) is 20.0. The molecule has 2 unspecified atom stereocenters. The highest BCUT2D eigenvalue weighted by molar-refractivity contribution is 6.00. The van der Waals surface area contributed by atoms with Gasteiger partial charge in [-0.3, -0.25) is 14.6 Å². The SMILES string of the molecule is COc1ccc(-c2ccc(-c3cnn4c(N)c(C(C)=O)c(C5CC6CCC(C5)N6C(=O)CO)nc34)cn2)cc1CO. The lowest BCUT2D eigenvalue weighted by atomic mass is 9.85. The molecule has 11 nitrogen and oxygen atoms in total. The molecule has 2 saturated heterocycles. The second-order valence-electron chi connectivity index (χ2n) is 10.7. The molecule has 212 valence electrons. The van der Waals surface area contributed by atoms with Crippen LogP contribution in [0.1, 0.15) is 60.1 Å². The number of hydrogen-bond acceptors (Lipinski definition) is 9. The summed E-state index contributed by atoms with van der Waals surface area (Å²) in [6.07, 6.45) is 6.45. The van der Waals surface area contributed by atoms with Crippen molar-refractivity contribution in [2.24, 2.45) is 0 Å². The molecule has 0 radical (unpaired) electrons. The maximum Gasteiger partial charge on any atom is 0.248 e. The van der Waals surface area contributed by atoms with E-state index in [-0.39, 0.29) is 42.1 Å². The first-order chi connectivity index (χ1) is 19.8. The van der Waals surface area contributed by atoms with Crippen molar-refractivity contribution in [2.75, 3.05) is 19.5 Å². The molecule has 2 aliphatic heterocycles. The predicted molar refractivity (Wildman–Crippen MR) is 151 cm³/mol. The standard InChI is InChI=1S/C30H32N6O5/c1-16(39)27-28(19-10-21-5-6-22(11-19)35(21)26(40)15-38)34-30-23(13-33-36(30)29(27)31)18-3-7-24(32-12-18)17-4-8-25(41-2)20(9-17)14-37/h3-4,7-9,12-13,19,21-22,37-38H,5-6,10-11,14-15,31H2,1-2H3.